The predicted molar refractivity (Wildman–Crippen MR) is 109 cm³/mol. The monoisotopic (exact) mass is 406 g/mol. The minimum absolute atomic E-state index is 0.0843. The molecule has 0 fully saturated rings. The van der Waals surface area contributed by atoms with Gasteiger partial charge in [0.2, 0.25) is 5.16 Å². The van der Waals surface area contributed by atoms with Gasteiger partial charge in [-0.25, -0.2) is 9.78 Å². The SMILES string of the molecule is CCc1nc(S/C(=C\c2ccccc2OCc2ccc(C#N)cc2)C(=O)O)n[nH]1. The van der Waals surface area contributed by atoms with Crippen LogP contribution in [0.25, 0.3) is 6.08 Å². The number of hydrogen-bond donors (Lipinski definition) is 2. The predicted octanol–water partition coefficient (Wildman–Crippen LogP) is 4.04. The van der Waals surface area contributed by atoms with Crippen molar-refractivity contribution in [3.05, 3.63) is 76.0 Å². The van der Waals surface area contributed by atoms with Gasteiger partial charge in [-0.2, -0.15) is 5.26 Å². The van der Waals surface area contributed by atoms with Crippen LogP contribution in [0.5, 0.6) is 5.75 Å². The summed E-state index contributed by atoms with van der Waals surface area (Å²) in [5.41, 5.74) is 2.12. The van der Waals surface area contributed by atoms with Gasteiger partial charge in [-0.1, -0.05) is 37.3 Å². The van der Waals surface area contributed by atoms with Crippen molar-refractivity contribution in [2.75, 3.05) is 0 Å². The Balaban J connectivity index is 1.79. The first kappa shape index (κ1) is 20.2. The maximum Gasteiger partial charge on any atom is 0.342 e. The molecule has 0 aliphatic heterocycles. The molecule has 0 bridgehead atoms. The van der Waals surface area contributed by atoms with E-state index in [1.54, 1.807) is 30.3 Å². The number of aromatic nitrogens is 3. The van der Waals surface area contributed by atoms with Gasteiger partial charge in [-0.15, -0.1) is 5.10 Å². The van der Waals surface area contributed by atoms with E-state index in [-0.39, 0.29) is 4.91 Å². The number of nitriles is 1. The number of aromatic amines is 1. The number of aliphatic carboxylic acids is 1. The summed E-state index contributed by atoms with van der Waals surface area (Å²) >= 11 is 0.977. The molecule has 1 aromatic heterocycles. The van der Waals surface area contributed by atoms with Crippen molar-refractivity contribution in [2.24, 2.45) is 0 Å². The standard InChI is InChI=1S/C21H18N4O3S/c1-2-19-23-21(25-24-19)29-18(20(26)27)11-16-5-3-4-6-17(16)28-13-15-9-7-14(12-22)8-10-15/h3-11H,2,13H2,1H3,(H,26,27)(H,23,24,25)/b18-11-. The Morgan fingerprint density at radius 1 is 1.28 bits per heavy atom. The summed E-state index contributed by atoms with van der Waals surface area (Å²) in [4.78, 5) is 16.0. The number of aryl methyl sites for hydroxylation is 1. The number of hydrogen-bond acceptors (Lipinski definition) is 6. The van der Waals surface area contributed by atoms with Crippen molar-refractivity contribution in [3.8, 4) is 11.8 Å². The summed E-state index contributed by atoms with van der Waals surface area (Å²) in [7, 11) is 0. The van der Waals surface area contributed by atoms with Crippen LogP contribution in [0.1, 0.15) is 29.4 Å². The van der Waals surface area contributed by atoms with Gasteiger partial charge in [0, 0.05) is 12.0 Å². The number of carbonyl (C=O) groups is 1. The third-order valence-corrected chi connectivity index (χ3v) is 4.82. The molecule has 0 spiro atoms. The second-order valence-electron chi connectivity index (χ2n) is 5.97. The lowest BCUT2D eigenvalue weighted by Gasteiger charge is -2.10. The summed E-state index contributed by atoms with van der Waals surface area (Å²) in [5, 5.41) is 25.6. The van der Waals surface area contributed by atoms with Gasteiger partial charge in [0.05, 0.1) is 11.6 Å². The van der Waals surface area contributed by atoms with Crippen molar-refractivity contribution < 1.29 is 14.6 Å². The topological polar surface area (TPSA) is 112 Å². The molecule has 8 heteroatoms. The fourth-order valence-corrected chi connectivity index (χ4v) is 3.14. The van der Waals surface area contributed by atoms with Crippen molar-refractivity contribution in [2.45, 2.75) is 25.1 Å². The number of para-hydroxylation sites is 1. The molecule has 0 aliphatic carbocycles. The highest BCUT2D eigenvalue weighted by atomic mass is 32.2. The van der Waals surface area contributed by atoms with Gasteiger partial charge in [-0.05, 0) is 41.6 Å². The highest BCUT2D eigenvalue weighted by Gasteiger charge is 2.14. The van der Waals surface area contributed by atoms with Crippen LogP contribution in [-0.4, -0.2) is 26.3 Å². The van der Waals surface area contributed by atoms with Gasteiger partial charge in [0.15, 0.2) is 0 Å². The molecule has 3 aromatic rings. The molecule has 29 heavy (non-hydrogen) atoms. The molecule has 1 heterocycles. The van der Waals surface area contributed by atoms with Gasteiger partial charge in [0.25, 0.3) is 0 Å². The highest BCUT2D eigenvalue weighted by molar-refractivity contribution is 8.04. The van der Waals surface area contributed by atoms with E-state index in [0.29, 0.717) is 40.9 Å². The van der Waals surface area contributed by atoms with E-state index < -0.39 is 5.97 Å². The quantitative estimate of drug-likeness (QED) is 0.429. The number of carboxylic acids is 1. The molecule has 0 saturated carbocycles. The van der Waals surface area contributed by atoms with Crippen molar-refractivity contribution in [3.63, 3.8) is 0 Å². The number of ether oxygens (including phenoxy) is 1. The largest absolute Gasteiger partial charge is 0.488 e. The number of nitrogens with one attached hydrogen (secondary N) is 1. The molecule has 7 nitrogen and oxygen atoms in total. The molecule has 0 saturated heterocycles. The normalized spacial score (nSPS) is 11.1. The van der Waals surface area contributed by atoms with Crippen LogP contribution in [0.4, 0.5) is 0 Å². The smallest absolute Gasteiger partial charge is 0.342 e. The van der Waals surface area contributed by atoms with Gasteiger partial charge in [-0.3, -0.25) is 5.10 Å². The van der Waals surface area contributed by atoms with Crippen LogP contribution in [-0.2, 0) is 17.8 Å². The highest BCUT2D eigenvalue weighted by Crippen LogP contribution is 2.29. The minimum atomic E-state index is -1.07. The first-order valence-electron chi connectivity index (χ1n) is 8.84. The van der Waals surface area contributed by atoms with Crippen LogP contribution < -0.4 is 4.74 Å². The lowest BCUT2D eigenvalue weighted by Crippen LogP contribution is -2.00. The van der Waals surface area contributed by atoms with Crippen LogP contribution in [0.15, 0.2) is 58.6 Å². The molecule has 0 amide bonds. The zero-order valence-electron chi connectivity index (χ0n) is 15.6. The van der Waals surface area contributed by atoms with Crippen molar-refractivity contribution >= 4 is 23.8 Å². The Kier molecular flexibility index (Phi) is 6.66. The molecular formula is C21H18N4O3S. The second-order valence-corrected chi connectivity index (χ2v) is 6.98. The van der Waals surface area contributed by atoms with E-state index in [1.165, 1.54) is 0 Å². The molecule has 3 rings (SSSR count). The first-order chi connectivity index (χ1) is 14.1. The summed E-state index contributed by atoms with van der Waals surface area (Å²) in [6.45, 7) is 2.23. The molecule has 146 valence electrons. The van der Waals surface area contributed by atoms with Gasteiger partial charge >= 0.3 is 5.97 Å². The molecule has 0 unspecified atom stereocenters. The summed E-state index contributed by atoms with van der Waals surface area (Å²) in [6, 6.07) is 16.4. The molecule has 0 radical (unpaired) electrons. The van der Waals surface area contributed by atoms with E-state index in [2.05, 4.69) is 21.3 Å². The Morgan fingerprint density at radius 2 is 2.03 bits per heavy atom. The molecule has 0 atom stereocenters. The maximum atomic E-state index is 11.7. The second kappa shape index (κ2) is 9.57. The van der Waals surface area contributed by atoms with E-state index in [1.807, 2.05) is 31.2 Å². The van der Waals surface area contributed by atoms with Crippen LogP contribution in [0.3, 0.4) is 0 Å². The van der Waals surface area contributed by atoms with E-state index in [9.17, 15) is 9.90 Å². The summed E-state index contributed by atoms with van der Waals surface area (Å²) < 4.78 is 5.88. The van der Waals surface area contributed by atoms with E-state index >= 15 is 0 Å². The zero-order chi connectivity index (χ0) is 20.6. The van der Waals surface area contributed by atoms with Crippen molar-refractivity contribution in [1.82, 2.24) is 15.2 Å². The number of benzene rings is 2. The average Bonchev–Trinajstić information content (AvgIpc) is 3.20. The van der Waals surface area contributed by atoms with E-state index in [4.69, 9.17) is 10.00 Å². The molecule has 2 N–H and O–H groups in total. The van der Waals surface area contributed by atoms with Gasteiger partial charge < -0.3 is 9.84 Å². The summed E-state index contributed by atoms with van der Waals surface area (Å²) in [6.07, 6.45) is 2.23. The average molecular weight is 406 g/mol. The minimum Gasteiger partial charge on any atom is -0.488 e. The maximum absolute atomic E-state index is 11.7. The number of H-pyrrole nitrogens is 1. The zero-order valence-corrected chi connectivity index (χ0v) is 16.4. The molecule has 0 aliphatic rings. The lowest BCUT2D eigenvalue weighted by molar-refractivity contribution is -0.131. The Morgan fingerprint density at radius 3 is 2.69 bits per heavy atom. The molecule has 2 aromatic carbocycles. The lowest BCUT2D eigenvalue weighted by atomic mass is 10.1. The first-order valence-corrected chi connectivity index (χ1v) is 9.65. The Hall–Kier alpha value is -3.57. The van der Waals surface area contributed by atoms with Gasteiger partial charge in [0.1, 0.15) is 23.1 Å². The fraction of sp³-hybridized carbons (Fsp3) is 0.143. The molecular weight excluding hydrogens is 388 g/mol. The Labute approximate surface area is 172 Å². The van der Waals surface area contributed by atoms with Crippen LogP contribution in [0.2, 0.25) is 0 Å². The number of thioether (sulfide) groups is 1. The van der Waals surface area contributed by atoms with Crippen LogP contribution >= 0.6 is 11.8 Å². The Bertz CT molecular complexity index is 1070. The summed E-state index contributed by atoms with van der Waals surface area (Å²) in [5.74, 6) is 0.184. The van der Waals surface area contributed by atoms with E-state index in [0.717, 1.165) is 17.3 Å². The van der Waals surface area contributed by atoms with Crippen molar-refractivity contribution in [1.29, 1.82) is 5.26 Å². The van der Waals surface area contributed by atoms with Crippen LogP contribution in [0, 0.1) is 11.3 Å². The third-order valence-electron chi connectivity index (χ3n) is 3.94. The third kappa shape index (κ3) is 5.46. The fourth-order valence-electron chi connectivity index (χ4n) is 2.42. The number of rotatable bonds is 8. The number of carboxylic acid groups (broad SMARTS) is 1. The number of nitrogens with zero attached hydrogens (tertiary/aromatic N) is 3.